The molecule has 3 rings (SSSR count). The monoisotopic (exact) mass is 386 g/mol. The predicted molar refractivity (Wildman–Crippen MR) is 109 cm³/mol. The maximum Gasteiger partial charge on any atom is 0.253 e. The first-order valence-electron chi connectivity index (χ1n) is 9.12. The van der Waals surface area contributed by atoms with Gasteiger partial charge in [0, 0.05) is 43.7 Å². The van der Waals surface area contributed by atoms with Crippen LogP contribution in [0.4, 0.5) is 5.69 Å². The Morgan fingerprint density at radius 3 is 2.19 bits per heavy atom. The SMILES string of the molecule is Cc1cccc(N2CCN(C(=O)c3ccc(CS(C)(=O)=O)cc3)CC2)c1C. The number of carbonyl (C=O) groups is 1. The Morgan fingerprint density at radius 1 is 0.963 bits per heavy atom. The van der Waals surface area contributed by atoms with Crippen LogP contribution in [0.1, 0.15) is 27.0 Å². The zero-order chi connectivity index (χ0) is 19.6. The highest BCUT2D eigenvalue weighted by atomic mass is 32.2. The first kappa shape index (κ1) is 19.4. The van der Waals surface area contributed by atoms with Crippen molar-refractivity contribution < 1.29 is 13.2 Å². The number of sulfone groups is 1. The summed E-state index contributed by atoms with van der Waals surface area (Å²) in [5.41, 5.74) is 5.12. The fourth-order valence-corrected chi connectivity index (χ4v) is 4.26. The van der Waals surface area contributed by atoms with Crippen LogP contribution in [0.3, 0.4) is 0 Å². The molecule has 1 aliphatic heterocycles. The molecule has 1 saturated heterocycles. The molecular formula is C21H26N2O3S. The maximum absolute atomic E-state index is 12.7. The average Bonchev–Trinajstić information content (AvgIpc) is 2.63. The van der Waals surface area contributed by atoms with E-state index in [9.17, 15) is 13.2 Å². The van der Waals surface area contributed by atoms with Gasteiger partial charge in [-0.2, -0.15) is 0 Å². The van der Waals surface area contributed by atoms with Crippen LogP contribution in [0.2, 0.25) is 0 Å². The van der Waals surface area contributed by atoms with Crippen LogP contribution in [0.5, 0.6) is 0 Å². The van der Waals surface area contributed by atoms with Crippen molar-refractivity contribution in [1.82, 2.24) is 4.90 Å². The Morgan fingerprint density at radius 2 is 1.59 bits per heavy atom. The topological polar surface area (TPSA) is 57.7 Å². The quantitative estimate of drug-likeness (QED) is 0.811. The first-order chi connectivity index (χ1) is 12.7. The summed E-state index contributed by atoms with van der Waals surface area (Å²) in [4.78, 5) is 17.0. The number of rotatable bonds is 4. The van der Waals surface area contributed by atoms with Gasteiger partial charge in [0.2, 0.25) is 0 Å². The van der Waals surface area contributed by atoms with E-state index in [1.807, 2.05) is 4.90 Å². The molecule has 0 spiro atoms. The molecule has 0 aromatic heterocycles. The molecule has 0 unspecified atom stereocenters. The van der Waals surface area contributed by atoms with Gasteiger partial charge in [0.05, 0.1) is 5.75 Å². The van der Waals surface area contributed by atoms with Crippen LogP contribution < -0.4 is 4.90 Å². The molecule has 1 heterocycles. The summed E-state index contributed by atoms with van der Waals surface area (Å²) < 4.78 is 22.8. The second-order valence-electron chi connectivity index (χ2n) is 7.27. The van der Waals surface area contributed by atoms with Gasteiger partial charge in [0.1, 0.15) is 0 Å². The van der Waals surface area contributed by atoms with Crippen LogP contribution >= 0.6 is 0 Å². The van der Waals surface area contributed by atoms with E-state index in [-0.39, 0.29) is 11.7 Å². The highest BCUT2D eigenvalue weighted by Gasteiger charge is 2.23. The van der Waals surface area contributed by atoms with E-state index in [1.165, 1.54) is 23.1 Å². The number of anilines is 1. The molecule has 0 bridgehead atoms. The normalized spacial score (nSPS) is 15.1. The molecule has 1 aliphatic rings. The molecule has 0 radical (unpaired) electrons. The zero-order valence-electron chi connectivity index (χ0n) is 16.1. The largest absolute Gasteiger partial charge is 0.368 e. The van der Waals surface area contributed by atoms with Crippen LogP contribution in [0.25, 0.3) is 0 Å². The molecule has 0 N–H and O–H groups in total. The molecule has 2 aromatic rings. The second-order valence-corrected chi connectivity index (χ2v) is 9.41. The molecule has 2 aromatic carbocycles. The number of carbonyl (C=O) groups excluding carboxylic acids is 1. The van der Waals surface area contributed by atoms with Gasteiger partial charge in [0.25, 0.3) is 5.91 Å². The highest BCUT2D eigenvalue weighted by Crippen LogP contribution is 2.24. The zero-order valence-corrected chi connectivity index (χ0v) is 16.9. The second kappa shape index (κ2) is 7.72. The summed E-state index contributed by atoms with van der Waals surface area (Å²) in [6, 6.07) is 13.2. The third-order valence-corrected chi connectivity index (χ3v) is 5.97. The molecule has 1 amide bonds. The van der Waals surface area contributed by atoms with Gasteiger partial charge in [-0.05, 0) is 48.7 Å². The molecule has 27 heavy (non-hydrogen) atoms. The van der Waals surface area contributed by atoms with Crippen LogP contribution in [0, 0.1) is 13.8 Å². The van der Waals surface area contributed by atoms with Gasteiger partial charge >= 0.3 is 0 Å². The van der Waals surface area contributed by atoms with Crippen molar-refractivity contribution >= 4 is 21.4 Å². The van der Waals surface area contributed by atoms with Crippen molar-refractivity contribution in [2.75, 3.05) is 37.3 Å². The van der Waals surface area contributed by atoms with Gasteiger partial charge < -0.3 is 9.80 Å². The molecular weight excluding hydrogens is 360 g/mol. The Balaban J connectivity index is 1.64. The number of hydrogen-bond donors (Lipinski definition) is 0. The average molecular weight is 387 g/mol. The fourth-order valence-electron chi connectivity index (χ4n) is 3.46. The lowest BCUT2D eigenvalue weighted by atomic mass is 10.1. The van der Waals surface area contributed by atoms with Crippen LogP contribution in [-0.2, 0) is 15.6 Å². The summed E-state index contributed by atoms with van der Waals surface area (Å²) in [5.74, 6) is -0.00257. The van der Waals surface area contributed by atoms with Crippen molar-refractivity contribution in [1.29, 1.82) is 0 Å². The third kappa shape index (κ3) is 4.69. The Bertz CT molecular complexity index is 928. The van der Waals surface area contributed by atoms with E-state index < -0.39 is 9.84 Å². The van der Waals surface area contributed by atoms with E-state index in [2.05, 4.69) is 36.9 Å². The molecule has 0 atom stereocenters. The van der Waals surface area contributed by atoms with Gasteiger partial charge in [-0.25, -0.2) is 8.42 Å². The Hall–Kier alpha value is -2.34. The number of hydrogen-bond acceptors (Lipinski definition) is 4. The van der Waals surface area contributed by atoms with Crippen LogP contribution in [0.15, 0.2) is 42.5 Å². The summed E-state index contributed by atoms with van der Waals surface area (Å²) >= 11 is 0. The van der Waals surface area contributed by atoms with Crippen LogP contribution in [-0.4, -0.2) is 51.7 Å². The number of benzene rings is 2. The molecule has 0 saturated carbocycles. The van der Waals surface area contributed by atoms with E-state index in [1.54, 1.807) is 24.3 Å². The number of aryl methyl sites for hydroxylation is 1. The lowest BCUT2D eigenvalue weighted by Gasteiger charge is -2.37. The van der Waals surface area contributed by atoms with Crippen molar-refractivity contribution in [2.24, 2.45) is 0 Å². The maximum atomic E-state index is 12.7. The standard InChI is InChI=1S/C21H26N2O3S/c1-16-5-4-6-20(17(16)2)22-11-13-23(14-12-22)21(24)19-9-7-18(8-10-19)15-27(3,25)26/h4-10H,11-15H2,1-3H3. The minimum atomic E-state index is -3.07. The minimum absolute atomic E-state index is 0.00141. The molecule has 6 heteroatoms. The van der Waals surface area contributed by atoms with E-state index in [4.69, 9.17) is 0 Å². The first-order valence-corrected chi connectivity index (χ1v) is 11.2. The summed E-state index contributed by atoms with van der Waals surface area (Å²) in [7, 11) is -3.07. The van der Waals surface area contributed by atoms with Gasteiger partial charge in [-0.15, -0.1) is 0 Å². The molecule has 144 valence electrons. The highest BCUT2D eigenvalue weighted by molar-refractivity contribution is 7.89. The number of amides is 1. The fraction of sp³-hybridized carbons (Fsp3) is 0.381. The minimum Gasteiger partial charge on any atom is -0.368 e. The number of piperazine rings is 1. The smallest absolute Gasteiger partial charge is 0.253 e. The van der Waals surface area contributed by atoms with Gasteiger partial charge in [-0.1, -0.05) is 24.3 Å². The van der Waals surface area contributed by atoms with Gasteiger partial charge in [-0.3, -0.25) is 4.79 Å². The van der Waals surface area contributed by atoms with E-state index in [0.29, 0.717) is 24.2 Å². The molecule has 5 nitrogen and oxygen atoms in total. The lowest BCUT2D eigenvalue weighted by Crippen LogP contribution is -2.49. The van der Waals surface area contributed by atoms with E-state index >= 15 is 0 Å². The molecule has 0 aliphatic carbocycles. The molecule has 1 fully saturated rings. The lowest BCUT2D eigenvalue weighted by molar-refractivity contribution is 0.0747. The van der Waals surface area contributed by atoms with Crippen molar-refractivity contribution in [2.45, 2.75) is 19.6 Å². The van der Waals surface area contributed by atoms with Crippen molar-refractivity contribution in [3.05, 3.63) is 64.7 Å². The van der Waals surface area contributed by atoms with E-state index in [0.717, 1.165) is 13.1 Å². The summed E-state index contributed by atoms with van der Waals surface area (Å²) in [6.45, 7) is 7.23. The summed E-state index contributed by atoms with van der Waals surface area (Å²) in [6.07, 6.45) is 1.21. The summed E-state index contributed by atoms with van der Waals surface area (Å²) in [5, 5.41) is 0. The predicted octanol–water partition coefficient (Wildman–Crippen LogP) is 2.81. The number of nitrogens with zero attached hydrogens (tertiary/aromatic N) is 2. The third-order valence-electron chi connectivity index (χ3n) is 5.11. The van der Waals surface area contributed by atoms with Gasteiger partial charge in [0.15, 0.2) is 9.84 Å². The Kier molecular flexibility index (Phi) is 5.56. The Labute approximate surface area is 161 Å². The van der Waals surface area contributed by atoms with Crippen molar-refractivity contribution in [3.63, 3.8) is 0 Å². The van der Waals surface area contributed by atoms with Crippen molar-refractivity contribution in [3.8, 4) is 0 Å².